The van der Waals surface area contributed by atoms with Crippen molar-refractivity contribution in [3.63, 3.8) is 0 Å². The maximum atomic E-state index is 13.2. The van der Waals surface area contributed by atoms with Gasteiger partial charge in [-0.25, -0.2) is 0 Å². The maximum absolute atomic E-state index is 13.2. The Morgan fingerprint density at radius 3 is 2.21 bits per heavy atom. The summed E-state index contributed by atoms with van der Waals surface area (Å²) in [5.74, 6) is -0.451. The summed E-state index contributed by atoms with van der Waals surface area (Å²) in [6.45, 7) is -0.427. The lowest BCUT2D eigenvalue weighted by Gasteiger charge is -2.42. The predicted molar refractivity (Wildman–Crippen MR) is 111 cm³/mol. The third kappa shape index (κ3) is 4.65. The van der Waals surface area contributed by atoms with Gasteiger partial charge in [0.25, 0.3) is 0 Å². The van der Waals surface area contributed by atoms with Crippen LogP contribution in [0.1, 0.15) is 41.5 Å². The molecule has 184 valence electrons. The zero-order valence-electron chi connectivity index (χ0n) is 18.3. The third-order valence-electron chi connectivity index (χ3n) is 6.73. The van der Waals surface area contributed by atoms with Gasteiger partial charge in [0, 0.05) is 13.1 Å². The molecule has 2 aromatic rings. The SMILES string of the molecule is CNC(=O)C1CC2(c3ccccc3)NC1CCC2OCc1cc(C(F)(F)F)cc(C(F)(F)F)c1. The van der Waals surface area contributed by atoms with Gasteiger partial charge < -0.3 is 15.4 Å². The minimum atomic E-state index is -4.92. The van der Waals surface area contributed by atoms with Crippen LogP contribution in [0.15, 0.2) is 48.5 Å². The minimum Gasteiger partial charge on any atom is -0.371 e. The summed E-state index contributed by atoms with van der Waals surface area (Å²) in [7, 11) is 1.56. The van der Waals surface area contributed by atoms with Gasteiger partial charge in [0.2, 0.25) is 5.91 Å². The highest BCUT2D eigenvalue weighted by Crippen LogP contribution is 2.47. The molecule has 0 saturated carbocycles. The van der Waals surface area contributed by atoms with Crippen LogP contribution in [0, 0.1) is 5.92 Å². The van der Waals surface area contributed by atoms with E-state index in [0.29, 0.717) is 31.4 Å². The second kappa shape index (κ2) is 8.88. The topological polar surface area (TPSA) is 50.4 Å². The van der Waals surface area contributed by atoms with Crippen molar-refractivity contribution in [1.82, 2.24) is 10.6 Å². The standard InChI is InChI=1S/C24H24F6N2O2/c1-31-21(33)18-12-22(15-5-3-2-4-6-15)20(8-7-19(18)32-22)34-13-14-9-16(23(25,26)27)11-17(10-14)24(28,29)30/h2-6,9-11,18-20,32H,7-8,12-13H2,1H3,(H,31,33). The Bertz CT molecular complexity index is 1010. The van der Waals surface area contributed by atoms with Crippen molar-refractivity contribution in [2.75, 3.05) is 7.05 Å². The van der Waals surface area contributed by atoms with Crippen molar-refractivity contribution in [2.24, 2.45) is 5.92 Å². The summed E-state index contributed by atoms with van der Waals surface area (Å²) in [6, 6.07) is 10.6. The van der Waals surface area contributed by atoms with Gasteiger partial charge in [0.15, 0.2) is 0 Å². The number of carbonyl (C=O) groups excluding carboxylic acids is 1. The summed E-state index contributed by atoms with van der Waals surface area (Å²) >= 11 is 0. The van der Waals surface area contributed by atoms with Crippen molar-refractivity contribution >= 4 is 5.91 Å². The Kier molecular flexibility index (Phi) is 6.41. The second-order valence-corrected chi connectivity index (χ2v) is 8.80. The molecule has 0 radical (unpaired) electrons. The van der Waals surface area contributed by atoms with Crippen LogP contribution in [0.3, 0.4) is 0 Å². The Hall–Kier alpha value is -2.59. The van der Waals surface area contributed by atoms with E-state index in [0.717, 1.165) is 5.56 Å². The zero-order chi connectivity index (χ0) is 24.7. The average Bonchev–Trinajstić information content (AvgIpc) is 3.11. The van der Waals surface area contributed by atoms with Crippen LogP contribution in [0.5, 0.6) is 0 Å². The second-order valence-electron chi connectivity index (χ2n) is 8.80. The van der Waals surface area contributed by atoms with Crippen LogP contribution < -0.4 is 10.6 Å². The molecule has 0 spiro atoms. The molecule has 2 saturated heterocycles. The number of hydrogen-bond donors (Lipinski definition) is 2. The number of piperidine rings is 1. The van der Waals surface area contributed by atoms with E-state index >= 15 is 0 Å². The molecule has 2 aliphatic rings. The number of ether oxygens (including phenoxy) is 1. The van der Waals surface area contributed by atoms with E-state index in [4.69, 9.17) is 4.74 Å². The third-order valence-corrected chi connectivity index (χ3v) is 6.73. The molecular weight excluding hydrogens is 462 g/mol. The number of benzene rings is 2. The molecule has 2 bridgehead atoms. The number of carbonyl (C=O) groups is 1. The Balaban J connectivity index is 1.64. The normalized spacial score (nSPS) is 27.0. The molecule has 2 heterocycles. The van der Waals surface area contributed by atoms with Gasteiger partial charge in [-0.1, -0.05) is 30.3 Å². The number of amides is 1. The lowest BCUT2D eigenvalue weighted by atomic mass is 9.80. The fourth-order valence-electron chi connectivity index (χ4n) is 5.16. The van der Waals surface area contributed by atoms with E-state index in [1.807, 2.05) is 30.3 Å². The molecule has 1 amide bonds. The van der Waals surface area contributed by atoms with Gasteiger partial charge in [-0.2, -0.15) is 26.3 Å². The van der Waals surface area contributed by atoms with E-state index in [1.165, 1.54) is 0 Å². The average molecular weight is 486 g/mol. The smallest absolute Gasteiger partial charge is 0.371 e. The van der Waals surface area contributed by atoms with Crippen LogP contribution in [-0.2, 0) is 34.0 Å². The molecule has 2 aromatic carbocycles. The first-order valence-corrected chi connectivity index (χ1v) is 10.9. The molecule has 0 aliphatic carbocycles. The van der Waals surface area contributed by atoms with Crippen molar-refractivity contribution in [3.05, 3.63) is 70.8 Å². The number of rotatable bonds is 5. The van der Waals surface area contributed by atoms with E-state index in [1.54, 1.807) is 7.05 Å². The van der Waals surface area contributed by atoms with Gasteiger partial charge in [-0.3, -0.25) is 4.79 Å². The number of alkyl halides is 6. The Labute approximate surface area is 192 Å². The first-order chi connectivity index (χ1) is 15.9. The molecule has 10 heteroatoms. The predicted octanol–water partition coefficient (Wildman–Crippen LogP) is 5.02. The molecular formula is C24H24F6N2O2. The van der Waals surface area contributed by atoms with Crippen molar-refractivity contribution in [1.29, 1.82) is 0 Å². The van der Waals surface area contributed by atoms with Gasteiger partial charge in [0.1, 0.15) is 0 Å². The largest absolute Gasteiger partial charge is 0.416 e. The van der Waals surface area contributed by atoms with E-state index in [2.05, 4.69) is 10.6 Å². The molecule has 4 rings (SSSR count). The van der Waals surface area contributed by atoms with Crippen LogP contribution >= 0.6 is 0 Å². The fraction of sp³-hybridized carbons (Fsp3) is 0.458. The highest BCUT2D eigenvalue weighted by molar-refractivity contribution is 5.80. The number of halogens is 6. The first-order valence-electron chi connectivity index (χ1n) is 10.9. The summed E-state index contributed by atoms with van der Waals surface area (Å²) in [4.78, 5) is 12.5. The number of hydrogen-bond acceptors (Lipinski definition) is 3. The quantitative estimate of drug-likeness (QED) is 0.584. The Morgan fingerprint density at radius 1 is 1.03 bits per heavy atom. The molecule has 4 unspecified atom stereocenters. The van der Waals surface area contributed by atoms with Crippen molar-refractivity contribution in [3.8, 4) is 0 Å². The maximum Gasteiger partial charge on any atom is 0.416 e. The van der Waals surface area contributed by atoms with Gasteiger partial charge in [-0.15, -0.1) is 0 Å². The fourth-order valence-corrected chi connectivity index (χ4v) is 5.16. The molecule has 2 aliphatic heterocycles. The monoisotopic (exact) mass is 486 g/mol. The Morgan fingerprint density at radius 2 is 1.65 bits per heavy atom. The summed E-state index contributed by atoms with van der Waals surface area (Å²) in [6.07, 6.45) is -8.90. The molecule has 34 heavy (non-hydrogen) atoms. The van der Waals surface area contributed by atoms with Gasteiger partial charge in [-0.05, 0) is 48.6 Å². The zero-order valence-corrected chi connectivity index (χ0v) is 18.3. The molecule has 2 fully saturated rings. The summed E-state index contributed by atoms with van der Waals surface area (Å²) < 4.78 is 85.4. The van der Waals surface area contributed by atoms with Gasteiger partial charge >= 0.3 is 12.4 Å². The lowest BCUT2D eigenvalue weighted by molar-refractivity contribution is -0.143. The minimum absolute atomic E-state index is 0.104. The summed E-state index contributed by atoms with van der Waals surface area (Å²) in [5, 5.41) is 6.17. The summed E-state index contributed by atoms with van der Waals surface area (Å²) in [5.41, 5.74) is -2.89. The van der Waals surface area contributed by atoms with Crippen LogP contribution in [0.4, 0.5) is 26.3 Å². The molecule has 0 aromatic heterocycles. The van der Waals surface area contributed by atoms with E-state index < -0.39 is 41.7 Å². The first kappa shape index (κ1) is 24.5. The molecule has 4 atom stereocenters. The highest BCUT2D eigenvalue weighted by Gasteiger charge is 2.56. The van der Waals surface area contributed by atoms with Crippen LogP contribution in [-0.4, -0.2) is 25.1 Å². The number of fused-ring (bicyclic) bond motifs is 2. The lowest BCUT2D eigenvalue weighted by Crippen LogP contribution is -2.54. The van der Waals surface area contributed by atoms with E-state index in [-0.39, 0.29) is 29.5 Å². The highest BCUT2D eigenvalue weighted by atomic mass is 19.4. The van der Waals surface area contributed by atoms with Gasteiger partial charge in [0.05, 0.1) is 35.3 Å². The molecule has 2 N–H and O–H groups in total. The van der Waals surface area contributed by atoms with Crippen molar-refractivity contribution < 1.29 is 35.9 Å². The molecule has 4 nitrogen and oxygen atoms in total. The number of nitrogens with one attached hydrogen (secondary N) is 2. The van der Waals surface area contributed by atoms with Crippen LogP contribution in [0.25, 0.3) is 0 Å². The van der Waals surface area contributed by atoms with E-state index in [9.17, 15) is 31.1 Å². The van der Waals surface area contributed by atoms with Crippen molar-refractivity contribution in [2.45, 2.75) is 55.9 Å². The van der Waals surface area contributed by atoms with Crippen LogP contribution in [0.2, 0.25) is 0 Å².